The van der Waals surface area contributed by atoms with Crippen LogP contribution in [-0.4, -0.2) is 36.6 Å². The molecule has 1 amide bonds. The molecule has 2 N–H and O–H groups in total. The summed E-state index contributed by atoms with van der Waals surface area (Å²) in [5.74, 6) is 0.0474. The third-order valence-corrected chi connectivity index (χ3v) is 3.88. The van der Waals surface area contributed by atoms with Gasteiger partial charge in [0.25, 0.3) is 0 Å². The fraction of sp³-hybridized carbons (Fsp3) is 0.625. The van der Waals surface area contributed by atoms with Crippen molar-refractivity contribution in [3.63, 3.8) is 0 Å². The maximum atomic E-state index is 11.1. The van der Waals surface area contributed by atoms with E-state index in [0.29, 0.717) is 0 Å². The van der Waals surface area contributed by atoms with E-state index in [2.05, 4.69) is 46.5 Å². The Morgan fingerprint density at radius 2 is 2.33 bits per heavy atom. The molecule has 0 aliphatic carbocycles. The second-order valence-electron chi connectivity index (χ2n) is 5.75. The lowest BCUT2D eigenvalue weighted by Gasteiger charge is -2.20. The Kier molecular flexibility index (Phi) is 5.56. The summed E-state index contributed by atoms with van der Waals surface area (Å²) in [5.41, 5.74) is 2.21. The summed E-state index contributed by atoms with van der Waals surface area (Å²) < 4.78 is 0. The molecule has 5 heteroatoms. The highest BCUT2D eigenvalue weighted by Gasteiger charge is 2.23. The molecule has 116 valence electrons. The predicted octanol–water partition coefficient (Wildman–Crippen LogP) is 1.86. The normalized spacial score (nSPS) is 19.6. The lowest BCUT2D eigenvalue weighted by atomic mass is 10.2. The molecule has 2 atom stereocenters. The number of nitrogens with zero attached hydrogens (tertiary/aromatic N) is 2. The van der Waals surface area contributed by atoms with Gasteiger partial charge >= 0.3 is 0 Å². The summed E-state index contributed by atoms with van der Waals surface area (Å²) in [6.07, 6.45) is 4.06. The molecular weight excluding hydrogens is 264 g/mol. The highest BCUT2D eigenvalue weighted by Crippen LogP contribution is 2.21. The Bertz CT molecular complexity index is 460. The molecule has 5 nitrogen and oxygen atoms in total. The van der Waals surface area contributed by atoms with Gasteiger partial charge in [0.1, 0.15) is 0 Å². The van der Waals surface area contributed by atoms with Gasteiger partial charge in [-0.15, -0.1) is 0 Å². The fourth-order valence-electron chi connectivity index (χ4n) is 2.71. The molecule has 21 heavy (non-hydrogen) atoms. The highest BCUT2D eigenvalue weighted by atomic mass is 16.1. The van der Waals surface area contributed by atoms with E-state index in [0.717, 1.165) is 43.9 Å². The molecule has 1 fully saturated rings. The summed E-state index contributed by atoms with van der Waals surface area (Å²) in [4.78, 5) is 17.9. The van der Waals surface area contributed by atoms with Crippen LogP contribution in [0.5, 0.6) is 0 Å². The number of hydrogen-bond donors (Lipinski definition) is 2. The Morgan fingerprint density at radius 1 is 1.52 bits per heavy atom. The number of aromatic nitrogens is 1. The molecule has 1 saturated heterocycles. The predicted molar refractivity (Wildman–Crippen MR) is 85.4 cm³/mol. The van der Waals surface area contributed by atoms with Gasteiger partial charge in [0, 0.05) is 32.1 Å². The molecule has 1 aromatic heterocycles. The smallest absolute Gasteiger partial charge is 0.217 e. The largest absolute Gasteiger partial charge is 0.368 e. The number of pyridine rings is 1. The van der Waals surface area contributed by atoms with E-state index in [9.17, 15) is 4.79 Å². The lowest BCUT2D eigenvalue weighted by molar-refractivity contribution is -0.119. The first-order valence-electron chi connectivity index (χ1n) is 7.81. The Labute approximate surface area is 127 Å². The number of amides is 1. The summed E-state index contributed by atoms with van der Waals surface area (Å²) in [7, 11) is 0. The van der Waals surface area contributed by atoms with Gasteiger partial charge in [0.15, 0.2) is 0 Å². The molecule has 0 radical (unpaired) electrons. The highest BCUT2D eigenvalue weighted by molar-refractivity contribution is 5.73. The van der Waals surface area contributed by atoms with E-state index < -0.39 is 0 Å². The van der Waals surface area contributed by atoms with Gasteiger partial charge in [0.05, 0.1) is 17.6 Å². The van der Waals surface area contributed by atoms with E-state index in [1.807, 2.05) is 6.20 Å². The van der Waals surface area contributed by atoms with Crippen molar-refractivity contribution >= 4 is 11.6 Å². The van der Waals surface area contributed by atoms with E-state index >= 15 is 0 Å². The second kappa shape index (κ2) is 7.41. The molecule has 1 aromatic rings. The number of carbonyl (C=O) groups is 1. The number of hydrogen-bond acceptors (Lipinski definition) is 4. The van der Waals surface area contributed by atoms with E-state index in [1.165, 1.54) is 0 Å². The molecule has 1 aliphatic heterocycles. The van der Waals surface area contributed by atoms with E-state index in [-0.39, 0.29) is 18.0 Å². The first-order chi connectivity index (χ1) is 10.1. The van der Waals surface area contributed by atoms with Crippen molar-refractivity contribution in [2.24, 2.45) is 0 Å². The number of rotatable bonds is 6. The minimum atomic E-state index is 0.0474. The zero-order chi connectivity index (χ0) is 15.2. The van der Waals surface area contributed by atoms with Gasteiger partial charge in [-0.3, -0.25) is 9.78 Å². The van der Waals surface area contributed by atoms with Crippen LogP contribution in [0.25, 0.3) is 0 Å². The quantitative estimate of drug-likeness (QED) is 0.839. The maximum Gasteiger partial charge on any atom is 0.217 e. The first-order valence-corrected chi connectivity index (χ1v) is 7.81. The Balaban J connectivity index is 1.92. The van der Waals surface area contributed by atoms with Crippen LogP contribution in [0.15, 0.2) is 18.3 Å². The fourth-order valence-corrected chi connectivity index (χ4v) is 2.71. The van der Waals surface area contributed by atoms with Gasteiger partial charge in [-0.2, -0.15) is 0 Å². The zero-order valence-electron chi connectivity index (χ0n) is 13.2. The lowest BCUT2D eigenvalue weighted by Crippen LogP contribution is -2.35. The second-order valence-corrected chi connectivity index (χ2v) is 5.75. The van der Waals surface area contributed by atoms with Crippen LogP contribution >= 0.6 is 0 Å². The van der Waals surface area contributed by atoms with Crippen LogP contribution in [0, 0.1) is 0 Å². The minimum absolute atomic E-state index is 0.0474. The average Bonchev–Trinajstić information content (AvgIpc) is 2.92. The van der Waals surface area contributed by atoms with Crippen molar-refractivity contribution in [2.45, 2.75) is 45.7 Å². The number of nitrogens with one attached hydrogen (secondary N) is 2. The summed E-state index contributed by atoms with van der Waals surface area (Å²) in [5, 5.41) is 6.43. The minimum Gasteiger partial charge on any atom is -0.368 e. The van der Waals surface area contributed by atoms with Gasteiger partial charge < -0.3 is 15.5 Å². The van der Waals surface area contributed by atoms with Gasteiger partial charge in [0.2, 0.25) is 5.91 Å². The first kappa shape index (κ1) is 15.8. The molecule has 2 unspecified atom stereocenters. The topological polar surface area (TPSA) is 57.3 Å². The molecule has 0 aromatic carbocycles. The van der Waals surface area contributed by atoms with Crippen LogP contribution in [0.4, 0.5) is 5.69 Å². The monoisotopic (exact) mass is 290 g/mol. The molecule has 0 spiro atoms. The molecule has 2 heterocycles. The van der Waals surface area contributed by atoms with Crippen LogP contribution in [0.2, 0.25) is 0 Å². The summed E-state index contributed by atoms with van der Waals surface area (Å²) >= 11 is 0. The third-order valence-electron chi connectivity index (χ3n) is 3.88. The van der Waals surface area contributed by atoms with Crippen LogP contribution in [0.3, 0.4) is 0 Å². The van der Waals surface area contributed by atoms with Crippen molar-refractivity contribution in [1.82, 2.24) is 15.6 Å². The van der Waals surface area contributed by atoms with Crippen molar-refractivity contribution in [3.8, 4) is 0 Å². The molecular formula is C16H26N4O. The standard InChI is InChI=1S/C16H26N4O/c1-4-8-17-12(2)16-6-5-15(10-18-16)20-9-7-14(11-20)19-13(3)21/h5-6,10,12,14,17H,4,7-9,11H2,1-3H3,(H,19,21). The molecule has 0 saturated carbocycles. The van der Waals surface area contributed by atoms with Crippen molar-refractivity contribution in [1.29, 1.82) is 0 Å². The van der Waals surface area contributed by atoms with E-state index in [1.54, 1.807) is 6.92 Å². The molecule has 2 rings (SSSR count). The van der Waals surface area contributed by atoms with Gasteiger partial charge in [-0.05, 0) is 38.4 Å². The molecule has 1 aliphatic rings. The Hall–Kier alpha value is -1.62. The third kappa shape index (κ3) is 4.43. The maximum absolute atomic E-state index is 11.1. The number of anilines is 1. The van der Waals surface area contributed by atoms with Crippen molar-refractivity contribution in [2.75, 3.05) is 24.5 Å². The van der Waals surface area contributed by atoms with Gasteiger partial charge in [-0.25, -0.2) is 0 Å². The summed E-state index contributed by atoms with van der Waals surface area (Å²) in [6.45, 7) is 8.72. The summed E-state index contributed by atoms with van der Waals surface area (Å²) in [6, 6.07) is 4.76. The number of carbonyl (C=O) groups excluding carboxylic acids is 1. The average molecular weight is 290 g/mol. The van der Waals surface area contributed by atoms with E-state index in [4.69, 9.17) is 0 Å². The van der Waals surface area contributed by atoms with Crippen LogP contribution in [-0.2, 0) is 4.79 Å². The molecule has 0 bridgehead atoms. The zero-order valence-corrected chi connectivity index (χ0v) is 13.2. The van der Waals surface area contributed by atoms with Crippen molar-refractivity contribution < 1.29 is 4.79 Å². The van der Waals surface area contributed by atoms with Crippen LogP contribution in [0.1, 0.15) is 45.3 Å². The van der Waals surface area contributed by atoms with Crippen molar-refractivity contribution in [3.05, 3.63) is 24.0 Å². The van der Waals surface area contributed by atoms with Crippen LogP contribution < -0.4 is 15.5 Å². The SMILES string of the molecule is CCCNC(C)c1ccc(N2CCC(NC(C)=O)C2)cn1. The van der Waals surface area contributed by atoms with Gasteiger partial charge in [-0.1, -0.05) is 6.92 Å². The Morgan fingerprint density at radius 3 is 2.95 bits per heavy atom.